The molecule has 0 saturated carbocycles. The number of carboxylic acids is 2. The molecule has 26 heavy (non-hydrogen) atoms. The number of nitrogens with one attached hydrogen (secondary N) is 1. The fourth-order valence-electron chi connectivity index (χ4n) is 2.39. The van der Waals surface area contributed by atoms with Crippen LogP contribution in [0.25, 0.3) is 0 Å². The van der Waals surface area contributed by atoms with Crippen LogP contribution in [0.5, 0.6) is 0 Å². The first-order valence-electron chi connectivity index (χ1n) is 10.1. The van der Waals surface area contributed by atoms with Crippen molar-refractivity contribution in [1.82, 2.24) is 0 Å². The highest BCUT2D eigenvalue weighted by Gasteiger charge is 2.18. The molecule has 0 aromatic carbocycles. The van der Waals surface area contributed by atoms with Crippen LogP contribution in [0, 0.1) is 0 Å². The summed E-state index contributed by atoms with van der Waals surface area (Å²) < 4.78 is 1.31. The van der Waals surface area contributed by atoms with Crippen molar-refractivity contribution in [3.63, 3.8) is 0 Å². The summed E-state index contributed by atoms with van der Waals surface area (Å²) in [5, 5.41) is 17.8. The summed E-state index contributed by atoms with van der Waals surface area (Å²) >= 11 is 0. The van der Waals surface area contributed by atoms with E-state index in [1.807, 2.05) is 0 Å². The number of quaternary nitrogens is 2. The van der Waals surface area contributed by atoms with Gasteiger partial charge in [0.25, 0.3) is 0 Å². The molecule has 6 nitrogen and oxygen atoms in total. The monoisotopic (exact) mass is 378 g/mol. The summed E-state index contributed by atoms with van der Waals surface area (Å²) in [5.41, 5.74) is 0. The third-order valence-electron chi connectivity index (χ3n) is 4.50. The van der Waals surface area contributed by atoms with Crippen LogP contribution in [0.3, 0.4) is 0 Å². The van der Waals surface area contributed by atoms with Gasteiger partial charge in [0.2, 0.25) is 0 Å². The number of unbranched alkanes of at least 4 members (excludes halogenated alkanes) is 1. The normalized spacial score (nSPS) is 9.77. The number of carbonyl (C=O) groups is 2. The number of aliphatic carboxylic acids is 2. The van der Waals surface area contributed by atoms with E-state index in [2.05, 4.69) is 48.5 Å². The fraction of sp³-hybridized carbons (Fsp3) is 0.900. The van der Waals surface area contributed by atoms with E-state index in [0.717, 1.165) is 13.8 Å². The summed E-state index contributed by atoms with van der Waals surface area (Å²) in [6.07, 6.45) is 2.72. The number of carbonyl (C=O) groups excluding carboxylic acids is 2. The molecule has 0 rings (SSSR count). The molecule has 0 radical (unpaired) electrons. The number of carboxylic acid groups (broad SMARTS) is 2. The van der Waals surface area contributed by atoms with E-state index in [1.165, 1.54) is 63.1 Å². The van der Waals surface area contributed by atoms with Gasteiger partial charge in [-0.3, -0.25) is 0 Å². The molecule has 6 heteroatoms. The van der Waals surface area contributed by atoms with E-state index in [0.29, 0.717) is 0 Å². The van der Waals surface area contributed by atoms with Gasteiger partial charge in [-0.15, -0.1) is 0 Å². The van der Waals surface area contributed by atoms with Crippen molar-refractivity contribution in [3.8, 4) is 0 Å². The van der Waals surface area contributed by atoms with Crippen molar-refractivity contribution in [2.75, 3.05) is 45.8 Å². The van der Waals surface area contributed by atoms with E-state index in [9.17, 15) is 0 Å². The molecule has 0 atom stereocenters. The highest BCUT2D eigenvalue weighted by Crippen LogP contribution is 2.07. The van der Waals surface area contributed by atoms with Crippen LogP contribution in [0.1, 0.15) is 75.2 Å². The lowest BCUT2D eigenvalue weighted by molar-refractivity contribution is -0.923. The van der Waals surface area contributed by atoms with Crippen LogP contribution in [0.4, 0.5) is 0 Å². The Morgan fingerprint density at radius 3 is 1.12 bits per heavy atom. The van der Waals surface area contributed by atoms with Crippen molar-refractivity contribution in [2.24, 2.45) is 0 Å². The van der Waals surface area contributed by atoms with Gasteiger partial charge in [-0.25, -0.2) is 0 Å². The first-order valence-corrected chi connectivity index (χ1v) is 10.1. The second kappa shape index (κ2) is 23.9. The molecule has 0 fully saturated rings. The van der Waals surface area contributed by atoms with Crippen LogP contribution in [-0.2, 0) is 9.59 Å². The van der Waals surface area contributed by atoms with E-state index < -0.39 is 11.9 Å². The zero-order chi connectivity index (χ0) is 21.6. The molecule has 0 aromatic rings. The number of hydrogen-bond acceptors (Lipinski definition) is 4. The Hall–Kier alpha value is -1.14. The lowest BCUT2D eigenvalue weighted by Gasteiger charge is -2.35. The molecule has 0 heterocycles. The van der Waals surface area contributed by atoms with E-state index in [4.69, 9.17) is 19.8 Å². The molecule has 0 aliphatic carbocycles. The molecule has 0 bridgehead atoms. The first-order chi connectivity index (χ1) is 12.1. The summed E-state index contributed by atoms with van der Waals surface area (Å²) in [7, 11) is 0. The van der Waals surface area contributed by atoms with Gasteiger partial charge in [-0.1, -0.05) is 13.3 Å². The highest BCUT2D eigenvalue weighted by molar-refractivity contribution is 5.60. The van der Waals surface area contributed by atoms with Crippen molar-refractivity contribution in [3.05, 3.63) is 0 Å². The van der Waals surface area contributed by atoms with Gasteiger partial charge in [0, 0.05) is 11.9 Å². The molecule has 0 saturated heterocycles. The minimum atomic E-state index is -1.08. The summed E-state index contributed by atoms with van der Waals surface area (Å²) in [6, 6.07) is 0. The van der Waals surface area contributed by atoms with Gasteiger partial charge in [-0.2, -0.15) is 0 Å². The van der Waals surface area contributed by atoms with Gasteiger partial charge in [0.15, 0.2) is 0 Å². The number of rotatable bonds is 9. The van der Waals surface area contributed by atoms with Crippen LogP contribution in [0.2, 0.25) is 0 Å². The summed E-state index contributed by atoms with van der Waals surface area (Å²) in [6.45, 7) is 26.9. The second-order valence-corrected chi connectivity index (χ2v) is 6.16. The quantitative estimate of drug-likeness (QED) is 0.577. The molecule has 160 valence electrons. The van der Waals surface area contributed by atoms with E-state index in [1.54, 1.807) is 4.90 Å². The Labute approximate surface area is 162 Å². The molecular weight excluding hydrogens is 332 g/mol. The van der Waals surface area contributed by atoms with Crippen molar-refractivity contribution < 1.29 is 29.2 Å². The highest BCUT2D eigenvalue weighted by atomic mass is 16.4. The van der Waals surface area contributed by atoms with E-state index >= 15 is 0 Å². The minimum Gasteiger partial charge on any atom is -0.550 e. The Kier molecular flexibility index (Phi) is 29.8. The van der Waals surface area contributed by atoms with Crippen LogP contribution in [-0.4, -0.2) is 62.2 Å². The number of nitrogens with zero attached hydrogens (tertiary/aromatic N) is 1. The van der Waals surface area contributed by atoms with Gasteiger partial charge in [0.1, 0.15) is 0 Å². The van der Waals surface area contributed by atoms with Crippen molar-refractivity contribution in [2.45, 2.75) is 75.2 Å². The first kappa shape index (κ1) is 32.5. The molecule has 0 aliphatic rings. The molecule has 0 unspecified atom stereocenters. The second-order valence-electron chi connectivity index (χ2n) is 6.16. The lowest BCUT2D eigenvalue weighted by atomic mass is 10.2. The summed E-state index contributed by atoms with van der Waals surface area (Å²) in [4.78, 5) is 19.5. The third-order valence-corrected chi connectivity index (χ3v) is 4.50. The average molecular weight is 379 g/mol. The summed E-state index contributed by atoms with van der Waals surface area (Å²) in [5.74, 6) is -2.17. The predicted molar refractivity (Wildman–Crippen MR) is 106 cm³/mol. The van der Waals surface area contributed by atoms with Crippen molar-refractivity contribution >= 4 is 11.9 Å². The smallest absolute Gasteiger partial charge is 0.0786 e. The maximum absolute atomic E-state index is 8.89. The number of hydrogen-bond donors (Lipinski definition) is 1. The molecule has 0 spiro atoms. The molecular formula is C20H46N2O4. The maximum Gasteiger partial charge on any atom is 0.0786 e. The predicted octanol–water partition coefficient (Wildman–Crippen LogP) is 0.106. The lowest BCUT2D eigenvalue weighted by Crippen LogP contribution is -3.11. The Bertz CT molecular complexity index is 268. The van der Waals surface area contributed by atoms with Crippen LogP contribution < -0.4 is 15.1 Å². The minimum absolute atomic E-state index is 0.972. The Morgan fingerprint density at radius 1 is 0.731 bits per heavy atom. The topological polar surface area (TPSA) is 84.7 Å². The maximum atomic E-state index is 8.89. The zero-order valence-electron chi connectivity index (χ0n) is 18.9. The standard InChI is InChI=1S/C10H24N.C6H15N.2C2H4O2/c1-5-9-10-11(6-2,7-3)8-4;1-4-7(5-2)6-3;2*1-2(3)4/h5-10H2,1-4H3;4-6H2,1-3H3;2*1H3,(H,3,4)/q+1;;;/p-1. The fourth-order valence-corrected chi connectivity index (χ4v) is 2.39. The molecule has 1 N–H and O–H groups in total. The van der Waals surface area contributed by atoms with Gasteiger partial charge < -0.3 is 29.2 Å². The van der Waals surface area contributed by atoms with E-state index in [-0.39, 0.29) is 0 Å². The van der Waals surface area contributed by atoms with Crippen LogP contribution >= 0.6 is 0 Å². The molecule has 0 aromatic heterocycles. The Balaban J connectivity index is -0.000000138. The Morgan fingerprint density at radius 2 is 1.00 bits per heavy atom. The molecule has 0 amide bonds. The SMILES string of the molecule is CC(=O)[O-].CC(=O)[O-].CCCC[N+](CC)(CC)CC.CC[NH+](CC)CC. The van der Waals surface area contributed by atoms with Gasteiger partial charge in [0.05, 0.1) is 45.8 Å². The van der Waals surface area contributed by atoms with Gasteiger partial charge in [-0.05, 0) is 61.8 Å². The largest absolute Gasteiger partial charge is 0.550 e. The van der Waals surface area contributed by atoms with Crippen LogP contribution in [0.15, 0.2) is 0 Å². The average Bonchev–Trinajstić information content (AvgIpc) is 2.58. The van der Waals surface area contributed by atoms with Gasteiger partial charge >= 0.3 is 0 Å². The zero-order valence-corrected chi connectivity index (χ0v) is 18.9. The molecule has 0 aliphatic heterocycles. The third kappa shape index (κ3) is 30.7. The van der Waals surface area contributed by atoms with Crippen molar-refractivity contribution in [1.29, 1.82) is 0 Å².